The van der Waals surface area contributed by atoms with Gasteiger partial charge in [-0.25, -0.2) is 4.98 Å². The largest absolute Gasteiger partial charge is 0.376 e. The van der Waals surface area contributed by atoms with Gasteiger partial charge < -0.3 is 4.74 Å². The van der Waals surface area contributed by atoms with E-state index in [1.165, 1.54) is 34.4 Å². The molecule has 4 rings (SSSR count). The highest BCUT2D eigenvalue weighted by Gasteiger charge is 2.26. The number of ether oxygens (including phenoxy) is 1. The van der Waals surface area contributed by atoms with Crippen LogP contribution in [0.4, 0.5) is 5.13 Å². The Morgan fingerprint density at radius 3 is 2.97 bits per heavy atom. The molecule has 1 unspecified atom stereocenters. The number of thioether (sulfide) groups is 1. The summed E-state index contributed by atoms with van der Waals surface area (Å²) in [6.07, 6.45) is 1.97. The Labute approximate surface area is 190 Å². The lowest BCUT2D eigenvalue weighted by molar-refractivity contribution is -0.116. The molecule has 1 aromatic carbocycles. The second-order valence-corrected chi connectivity index (χ2v) is 10.0. The summed E-state index contributed by atoms with van der Waals surface area (Å²) in [5, 5.41) is 11.4. The molecule has 3 heterocycles. The predicted molar refractivity (Wildman–Crippen MR) is 120 cm³/mol. The van der Waals surface area contributed by atoms with Gasteiger partial charge in [0.1, 0.15) is 5.51 Å². The van der Waals surface area contributed by atoms with Crippen LogP contribution in [0.25, 0.3) is 11.3 Å². The fourth-order valence-electron chi connectivity index (χ4n) is 2.91. The van der Waals surface area contributed by atoms with Gasteiger partial charge in [0.15, 0.2) is 9.47 Å². The van der Waals surface area contributed by atoms with Crippen molar-refractivity contribution in [1.82, 2.24) is 15.2 Å². The van der Waals surface area contributed by atoms with Crippen LogP contribution in [0.3, 0.4) is 0 Å². The molecule has 3 aromatic rings. The van der Waals surface area contributed by atoms with E-state index in [0.717, 1.165) is 29.4 Å². The van der Waals surface area contributed by atoms with Gasteiger partial charge in [-0.05, 0) is 31.0 Å². The molecular formula is C18H16Cl2N4O2S3. The minimum absolute atomic E-state index is 0.0250. The Morgan fingerprint density at radius 2 is 2.24 bits per heavy atom. The summed E-state index contributed by atoms with van der Waals surface area (Å²) in [5.41, 5.74) is 3.15. The second kappa shape index (κ2) is 9.72. The first-order chi connectivity index (χ1) is 14.1. The average molecular weight is 487 g/mol. The van der Waals surface area contributed by atoms with E-state index in [9.17, 15) is 4.79 Å². The van der Waals surface area contributed by atoms with Gasteiger partial charge in [-0.2, -0.15) is 0 Å². The minimum atomic E-state index is -0.0381. The molecule has 1 aliphatic rings. The molecule has 1 saturated heterocycles. The molecule has 152 valence electrons. The highest BCUT2D eigenvalue weighted by molar-refractivity contribution is 8.01. The van der Waals surface area contributed by atoms with Crippen LogP contribution in [0.15, 0.2) is 33.4 Å². The van der Waals surface area contributed by atoms with Crippen molar-refractivity contribution in [3.05, 3.63) is 39.1 Å². The normalized spacial score (nSPS) is 16.3. The number of nitrogens with zero attached hydrogens (tertiary/aromatic N) is 4. The fourth-order valence-corrected chi connectivity index (χ4v) is 5.64. The van der Waals surface area contributed by atoms with Crippen LogP contribution in [0.1, 0.15) is 12.8 Å². The van der Waals surface area contributed by atoms with Crippen molar-refractivity contribution in [2.45, 2.75) is 23.3 Å². The summed E-state index contributed by atoms with van der Waals surface area (Å²) in [5.74, 6) is 0.224. The number of carbonyl (C=O) groups excluding carboxylic acids is 1. The van der Waals surface area contributed by atoms with Crippen molar-refractivity contribution >= 4 is 68.7 Å². The summed E-state index contributed by atoms with van der Waals surface area (Å²) in [7, 11) is 0. The van der Waals surface area contributed by atoms with Crippen molar-refractivity contribution in [2.24, 2.45) is 0 Å². The van der Waals surface area contributed by atoms with Crippen LogP contribution in [0.5, 0.6) is 0 Å². The smallest absolute Gasteiger partial charge is 0.239 e. The zero-order valence-corrected chi connectivity index (χ0v) is 19.0. The molecule has 1 atom stereocenters. The Bertz CT molecular complexity index is 977. The molecule has 0 spiro atoms. The van der Waals surface area contributed by atoms with Crippen molar-refractivity contribution in [2.75, 3.05) is 23.8 Å². The third-order valence-corrected chi connectivity index (χ3v) is 7.56. The highest BCUT2D eigenvalue weighted by Crippen LogP contribution is 2.34. The SMILES string of the molecule is O=C(CSc1nncs1)N(CC1CCCO1)c1nc(-c2ccc(Cl)cc2Cl)cs1. The number of benzene rings is 1. The number of rotatable bonds is 7. The molecule has 11 heteroatoms. The third kappa shape index (κ3) is 5.28. The van der Waals surface area contributed by atoms with Gasteiger partial charge in [-0.3, -0.25) is 9.69 Å². The molecule has 1 fully saturated rings. The van der Waals surface area contributed by atoms with E-state index in [1.54, 1.807) is 22.5 Å². The first-order valence-electron chi connectivity index (χ1n) is 8.82. The molecule has 0 bridgehead atoms. The van der Waals surface area contributed by atoms with E-state index in [-0.39, 0.29) is 17.8 Å². The molecule has 29 heavy (non-hydrogen) atoms. The van der Waals surface area contributed by atoms with Gasteiger partial charge in [-0.1, -0.05) is 46.3 Å². The molecule has 0 saturated carbocycles. The lowest BCUT2D eigenvalue weighted by atomic mass is 10.2. The molecule has 1 amide bonds. The van der Waals surface area contributed by atoms with Gasteiger partial charge in [-0.15, -0.1) is 21.5 Å². The Kier molecular flexibility index (Phi) is 7.04. The van der Waals surface area contributed by atoms with Crippen LogP contribution < -0.4 is 4.90 Å². The standard InChI is InChI=1S/C18H16Cl2N4O2S3/c19-11-3-4-13(14(20)6-11)15-8-27-17(22-15)24(7-12-2-1-5-26-12)16(25)9-28-18-23-21-10-29-18/h3-4,6,8,10,12H,1-2,5,7,9H2. The maximum absolute atomic E-state index is 13.0. The van der Waals surface area contributed by atoms with Crippen molar-refractivity contribution in [3.8, 4) is 11.3 Å². The first-order valence-corrected chi connectivity index (χ1v) is 12.3. The monoisotopic (exact) mass is 486 g/mol. The lowest BCUT2D eigenvalue weighted by Crippen LogP contribution is -2.38. The summed E-state index contributed by atoms with van der Waals surface area (Å²) in [4.78, 5) is 19.4. The highest BCUT2D eigenvalue weighted by atomic mass is 35.5. The van der Waals surface area contributed by atoms with E-state index in [0.29, 0.717) is 27.4 Å². The number of carbonyl (C=O) groups is 1. The van der Waals surface area contributed by atoms with Crippen LogP contribution in [-0.4, -0.2) is 46.1 Å². The number of halogens is 2. The van der Waals surface area contributed by atoms with Crippen LogP contribution >= 0.6 is 57.6 Å². The zero-order valence-electron chi connectivity index (χ0n) is 15.1. The Hall–Kier alpha value is -1.23. The van der Waals surface area contributed by atoms with Crippen LogP contribution in [0.2, 0.25) is 10.0 Å². The number of thiazole rings is 1. The van der Waals surface area contributed by atoms with Gasteiger partial charge in [0.25, 0.3) is 0 Å². The predicted octanol–water partition coefficient (Wildman–Crippen LogP) is 5.27. The first kappa shape index (κ1) is 21.0. The molecule has 6 nitrogen and oxygen atoms in total. The number of anilines is 1. The van der Waals surface area contributed by atoms with Gasteiger partial charge >= 0.3 is 0 Å². The summed E-state index contributed by atoms with van der Waals surface area (Å²) in [6, 6.07) is 5.29. The number of hydrogen-bond donors (Lipinski definition) is 0. The maximum atomic E-state index is 13.0. The van der Waals surface area contributed by atoms with E-state index in [4.69, 9.17) is 27.9 Å². The molecule has 0 N–H and O–H groups in total. The lowest BCUT2D eigenvalue weighted by Gasteiger charge is -2.22. The van der Waals surface area contributed by atoms with E-state index in [1.807, 2.05) is 11.4 Å². The fraction of sp³-hybridized carbons (Fsp3) is 0.333. The second-order valence-electron chi connectivity index (χ2n) is 6.27. The van der Waals surface area contributed by atoms with Crippen molar-refractivity contribution in [3.63, 3.8) is 0 Å². The topological polar surface area (TPSA) is 68.2 Å². The van der Waals surface area contributed by atoms with Gasteiger partial charge in [0.05, 0.1) is 29.1 Å². The number of amides is 1. The summed E-state index contributed by atoms with van der Waals surface area (Å²) in [6.45, 7) is 1.21. The van der Waals surface area contributed by atoms with Crippen LogP contribution in [0, 0.1) is 0 Å². The van der Waals surface area contributed by atoms with E-state index >= 15 is 0 Å². The van der Waals surface area contributed by atoms with E-state index in [2.05, 4.69) is 15.2 Å². The maximum Gasteiger partial charge on any atom is 0.239 e. The quantitative estimate of drug-likeness (QED) is 0.423. The summed E-state index contributed by atoms with van der Waals surface area (Å²) < 4.78 is 6.52. The molecular weight excluding hydrogens is 471 g/mol. The van der Waals surface area contributed by atoms with Gasteiger partial charge in [0.2, 0.25) is 5.91 Å². The number of aromatic nitrogens is 3. The molecule has 1 aliphatic heterocycles. The summed E-state index contributed by atoms with van der Waals surface area (Å²) >= 11 is 16.5. The van der Waals surface area contributed by atoms with Crippen molar-refractivity contribution < 1.29 is 9.53 Å². The number of hydrogen-bond acceptors (Lipinski definition) is 8. The van der Waals surface area contributed by atoms with Gasteiger partial charge in [0, 0.05) is 22.6 Å². The molecule has 0 radical (unpaired) electrons. The zero-order chi connectivity index (χ0) is 20.2. The third-order valence-electron chi connectivity index (χ3n) is 4.30. The minimum Gasteiger partial charge on any atom is -0.376 e. The Balaban J connectivity index is 1.55. The van der Waals surface area contributed by atoms with Crippen molar-refractivity contribution in [1.29, 1.82) is 0 Å². The molecule has 0 aliphatic carbocycles. The Morgan fingerprint density at radius 1 is 1.34 bits per heavy atom. The van der Waals surface area contributed by atoms with Crippen LogP contribution in [-0.2, 0) is 9.53 Å². The average Bonchev–Trinajstić information content (AvgIpc) is 3.47. The van der Waals surface area contributed by atoms with E-state index < -0.39 is 0 Å². The molecule has 2 aromatic heterocycles.